The average Bonchev–Trinajstić information content (AvgIpc) is 2.87. The Labute approximate surface area is 122 Å². The fraction of sp³-hybridized carbons (Fsp3) is 0.636. The van der Waals surface area contributed by atoms with Gasteiger partial charge in [0.1, 0.15) is 0 Å². The topological polar surface area (TPSA) is 82.6 Å². The summed E-state index contributed by atoms with van der Waals surface area (Å²) in [6.45, 7) is 4.33. The fourth-order valence-electron chi connectivity index (χ4n) is 1.90. The predicted molar refractivity (Wildman–Crippen MR) is 76.1 cm³/mol. The van der Waals surface area contributed by atoms with Crippen LogP contribution in [-0.4, -0.2) is 68.3 Å². The lowest BCUT2D eigenvalue weighted by molar-refractivity contribution is -0.131. The van der Waals surface area contributed by atoms with E-state index in [9.17, 15) is 13.2 Å². The summed E-state index contributed by atoms with van der Waals surface area (Å²) in [5.41, 5.74) is 0. The molecule has 2 heterocycles. The zero-order valence-corrected chi connectivity index (χ0v) is 13.1. The van der Waals surface area contributed by atoms with Gasteiger partial charge in [0.25, 0.3) is 10.0 Å². The summed E-state index contributed by atoms with van der Waals surface area (Å²) in [7, 11) is -2.20. The van der Waals surface area contributed by atoms with Gasteiger partial charge in [-0.1, -0.05) is 0 Å². The van der Waals surface area contributed by atoms with Gasteiger partial charge in [0, 0.05) is 33.2 Å². The van der Waals surface area contributed by atoms with Crippen LogP contribution in [0.4, 0.5) is 0 Å². The number of aromatic nitrogens is 1. The zero-order valence-electron chi connectivity index (χ0n) is 11.5. The van der Waals surface area contributed by atoms with E-state index >= 15 is 0 Å². The number of aryl methyl sites for hydroxylation is 1. The molecule has 1 aliphatic heterocycles. The summed E-state index contributed by atoms with van der Waals surface area (Å²) in [6, 6.07) is 0. The SMILES string of the molecule is Cc1ncc(S(=O)(=O)N(C)CC(=O)N2CCNCC2)s1. The van der Waals surface area contributed by atoms with Gasteiger partial charge in [0.2, 0.25) is 5.91 Å². The lowest BCUT2D eigenvalue weighted by atomic mass is 10.3. The second-order valence-corrected chi connectivity index (χ2v) is 8.10. The second-order valence-electron chi connectivity index (χ2n) is 4.59. The Balaban J connectivity index is 2.03. The lowest BCUT2D eigenvalue weighted by Gasteiger charge is -2.28. The van der Waals surface area contributed by atoms with Gasteiger partial charge in [-0.05, 0) is 6.92 Å². The van der Waals surface area contributed by atoms with Crippen LogP contribution in [0.1, 0.15) is 5.01 Å². The summed E-state index contributed by atoms with van der Waals surface area (Å²) < 4.78 is 25.8. The van der Waals surface area contributed by atoms with Crippen molar-refractivity contribution in [3.63, 3.8) is 0 Å². The van der Waals surface area contributed by atoms with Crippen molar-refractivity contribution in [1.82, 2.24) is 19.5 Å². The maximum atomic E-state index is 12.3. The van der Waals surface area contributed by atoms with Gasteiger partial charge >= 0.3 is 0 Å². The highest BCUT2D eigenvalue weighted by Gasteiger charge is 2.27. The van der Waals surface area contributed by atoms with Crippen LogP contribution in [0.5, 0.6) is 0 Å². The first-order valence-corrected chi connectivity index (χ1v) is 8.54. The first-order valence-electron chi connectivity index (χ1n) is 6.28. The van der Waals surface area contributed by atoms with E-state index in [-0.39, 0.29) is 16.7 Å². The van der Waals surface area contributed by atoms with E-state index in [0.717, 1.165) is 28.7 Å². The van der Waals surface area contributed by atoms with Crippen molar-refractivity contribution in [3.8, 4) is 0 Å². The van der Waals surface area contributed by atoms with Gasteiger partial charge in [-0.15, -0.1) is 11.3 Å². The highest BCUT2D eigenvalue weighted by Crippen LogP contribution is 2.21. The molecule has 0 aliphatic carbocycles. The summed E-state index contributed by atoms with van der Waals surface area (Å²) in [5, 5.41) is 3.83. The summed E-state index contributed by atoms with van der Waals surface area (Å²) in [4.78, 5) is 17.7. The molecular formula is C11H18N4O3S2. The van der Waals surface area contributed by atoms with Crippen LogP contribution in [-0.2, 0) is 14.8 Å². The molecule has 1 aliphatic rings. The zero-order chi connectivity index (χ0) is 14.8. The smallest absolute Gasteiger partial charge is 0.254 e. The van der Waals surface area contributed by atoms with E-state index in [1.165, 1.54) is 13.2 Å². The minimum Gasteiger partial charge on any atom is -0.339 e. The molecule has 20 heavy (non-hydrogen) atoms. The van der Waals surface area contributed by atoms with Crippen molar-refractivity contribution in [3.05, 3.63) is 11.2 Å². The number of amides is 1. The highest BCUT2D eigenvalue weighted by molar-refractivity contribution is 7.91. The molecular weight excluding hydrogens is 300 g/mol. The molecule has 0 bridgehead atoms. The molecule has 0 spiro atoms. The number of sulfonamides is 1. The Morgan fingerprint density at radius 1 is 1.50 bits per heavy atom. The number of likely N-dealkylation sites (N-methyl/N-ethyl adjacent to an activating group) is 1. The van der Waals surface area contributed by atoms with Crippen molar-refractivity contribution in [2.45, 2.75) is 11.1 Å². The molecule has 1 fully saturated rings. The molecule has 112 valence electrons. The quantitative estimate of drug-likeness (QED) is 0.809. The second kappa shape index (κ2) is 6.17. The number of nitrogens with one attached hydrogen (secondary N) is 1. The number of thiazole rings is 1. The predicted octanol–water partition coefficient (Wildman–Crippen LogP) is -0.496. The van der Waals surface area contributed by atoms with Crippen molar-refractivity contribution >= 4 is 27.3 Å². The van der Waals surface area contributed by atoms with Gasteiger partial charge in [-0.25, -0.2) is 13.4 Å². The molecule has 7 nitrogen and oxygen atoms in total. The van der Waals surface area contributed by atoms with Gasteiger partial charge in [0.15, 0.2) is 4.21 Å². The van der Waals surface area contributed by atoms with Crippen molar-refractivity contribution in [2.24, 2.45) is 0 Å². The Kier molecular flexibility index (Phi) is 4.74. The van der Waals surface area contributed by atoms with Crippen LogP contribution < -0.4 is 5.32 Å². The van der Waals surface area contributed by atoms with Crippen LogP contribution in [0, 0.1) is 6.92 Å². The minimum atomic E-state index is -3.63. The van der Waals surface area contributed by atoms with E-state index in [1.54, 1.807) is 11.8 Å². The standard InChI is InChI=1S/C11H18N4O3S2/c1-9-13-7-11(19-9)20(17,18)14(2)8-10(16)15-5-3-12-4-6-15/h7,12H,3-6,8H2,1-2H3. The minimum absolute atomic E-state index is 0.140. The molecule has 0 saturated carbocycles. The Morgan fingerprint density at radius 2 is 2.15 bits per heavy atom. The molecule has 0 aromatic carbocycles. The number of carbonyl (C=O) groups is 1. The average molecular weight is 318 g/mol. The molecule has 2 rings (SSSR count). The molecule has 9 heteroatoms. The number of carbonyl (C=O) groups excluding carboxylic acids is 1. The number of nitrogens with zero attached hydrogens (tertiary/aromatic N) is 3. The maximum Gasteiger partial charge on any atom is 0.254 e. The Hall–Kier alpha value is -1.03. The molecule has 0 radical (unpaired) electrons. The maximum absolute atomic E-state index is 12.3. The fourth-order valence-corrected chi connectivity index (χ4v) is 4.34. The van der Waals surface area contributed by atoms with E-state index in [4.69, 9.17) is 0 Å². The molecule has 1 N–H and O–H groups in total. The van der Waals surface area contributed by atoms with Crippen LogP contribution in [0.3, 0.4) is 0 Å². The van der Waals surface area contributed by atoms with Crippen LogP contribution in [0.25, 0.3) is 0 Å². The monoisotopic (exact) mass is 318 g/mol. The van der Waals surface area contributed by atoms with Crippen molar-refractivity contribution < 1.29 is 13.2 Å². The third-order valence-electron chi connectivity index (χ3n) is 3.09. The van der Waals surface area contributed by atoms with Crippen molar-refractivity contribution in [1.29, 1.82) is 0 Å². The molecule has 1 amide bonds. The van der Waals surface area contributed by atoms with E-state index in [2.05, 4.69) is 10.3 Å². The number of hydrogen-bond acceptors (Lipinski definition) is 6. The van der Waals surface area contributed by atoms with Gasteiger partial charge in [0.05, 0.1) is 17.7 Å². The van der Waals surface area contributed by atoms with Crippen LogP contribution in [0.15, 0.2) is 10.4 Å². The summed E-state index contributed by atoms with van der Waals surface area (Å²) in [6.07, 6.45) is 1.33. The molecule has 0 unspecified atom stereocenters. The normalized spacial score (nSPS) is 16.6. The van der Waals surface area contributed by atoms with Crippen LogP contribution in [0.2, 0.25) is 0 Å². The third kappa shape index (κ3) is 3.35. The first kappa shape index (κ1) is 15.4. The first-order chi connectivity index (χ1) is 9.41. The van der Waals surface area contributed by atoms with E-state index in [1.807, 2.05) is 0 Å². The Morgan fingerprint density at radius 3 is 2.70 bits per heavy atom. The van der Waals surface area contributed by atoms with E-state index < -0.39 is 10.0 Å². The number of hydrogen-bond donors (Lipinski definition) is 1. The van der Waals surface area contributed by atoms with Gasteiger partial charge in [-0.2, -0.15) is 4.31 Å². The summed E-state index contributed by atoms with van der Waals surface area (Å²) in [5.74, 6) is -0.168. The number of piperazine rings is 1. The third-order valence-corrected chi connectivity index (χ3v) is 6.25. The van der Waals surface area contributed by atoms with Crippen molar-refractivity contribution in [2.75, 3.05) is 39.8 Å². The molecule has 1 aromatic rings. The van der Waals surface area contributed by atoms with E-state index in [0.29, 0.717) is 18.1 Å². The largest absolute Gasteiger partial charge is 0.339 e. The van der Waals surface area contributed by atoms with Crippen LogP contribution >= 0.6 is 11.3 Å². The van der Waals surface area contributed by atoms with Gasteiger partial charge in [-0.3, -0.25) is 4.79 Å². The lowest BCUT2D eigenvalue weighted by Crippen LogP contribution is -2.49. The molecule has 0 atom stereocenters. The Bertz CT molecular complexity index is 578. The highest BCUT2D eigenvalue weighted by atomic mass is 32.2. The number of rotatable bonds is 4. The summed E-state index contributed by atoms with van der Waals surface area (Å²) >= 11 is 1.11. The molecule has 1 saturated heterocycles. The molecule has 1 aromatic heterocycles. The van der Waals surface area contributed by atoms with Gasteiger partial charge < -0.3 is 10.2 Å².